The highest BCUT2D eigenvalue weighted by atomic mass is 35.5. The van der Waals surface area contributed by atoms with Crippen molar-refractivity contribution in [3.8, 4) is 0 Å². The topological polar surface area (TPSA) is 55.1 Å². The highest BCUT2D eigenvalue weighted by molar-refractivity contribution is 6.44. The first-order chi connectivity index (χ1) is 9.40. The van der Waals surface area contributed by atoms with Crippen molar-refractivity contribution in [2.24, 2.45) is 0 Å². The summed E-state index contributed by atoms with van der Waals surface area (Å²) in [5, 5.41) is 2.60. The second kappa shape index (κ2) is 5.87. The Labute approximate surface area is 129 Å². The van der Waals surface area contributed by atoms with Gasteiger partial charge >= 0.3 is 0 Å². The number of carbonyl (C=O) groups excluding carboxylic acids is 1. The van der Waals surface area contributed by atoms with Crippen molar-refractivity contribution < 1.29 is 9.18 Å². The highest BCUT2D eigenvalue weighted by Gasteiger charge is 2.14. The van der Waals surface area contributed by atoms with Gasteiger partial charge in [0.05, 0.1) is 26.4 Å². The van der Waals surface area contributed by atoms with E-state index in [0.717, 1.165) is 0 Å². The Kier molecular flexibility index (Phi) is 4.38. The van der Waals surface area contributed by atoms with E-state index in [1.807, 2.05) is 0 Å². The van der Waals surface area contributed by atoms with E-state index in [0.29, 0.717) is 0 Å². The second-order valence-corrected chi connectivity index (χ2v) is 5.11. The standard InChI is InChI=1S/C13H8Cl3FN2O/c14-7-2-1-3-10(12(7)17)19-13(20)6-4-8(15)11(16)9(18)5-6/h1-5H,18H2,(H,19,20). The van der Waals surface area contributed by atoms with Crippen molar-refractivity contribution in [1.29, 1.82) is 0 Å². The van der Waals surface area contributed by atoms with Crippen molar-refractivity contribution >= 4 is 52.1 Å². The molecule has 0 aliphatic rings. The molecule has 2 aromatic rings. The summed E-state index contributed by atoms with van der Waals surface area (Å²) in [5.41, 5.74) is 5.91. The van der Waals surface area contributed by atoms with Crippen LogP contribution in [-0.4, -0.2) is 5.91 Å². The van der Waals surface area contributed by atoms with Crippen LogP contribution in [0.3, 0.4) is 0 Å². The number of nitrogens with one attached hydrogen (secondary N) is 1. The van der Waals surface area contributed by atoms with Gasteiger partial charge < -0.3 is 11.1 Å². The number of hydrogen-bond acceptors (Lipinski definition) is 2. The molecular weight excluding hydrogens is 326 g/mol. The average Bonchev–Trinajstić information content (AvgIpc) is 2.40. The summed E-state index contributed by atoms with van der Waals surface area (Å²) in [6.45, 7) is 0. The Morgan fingerprint density at radius 1 is 1.15 bits per heavy atom. The molecule has 7 heteroatoms. The van der Waals surface area contributed by atoms with E-state index >= 15 is 0 Å². The summed E-state index contributed by atoms with van der Waals surface area (Å²) in [4.78, 5) is 12.0. The molecule has 3 nitrogen and oxygen atoms in total. The molecule has 2 aromatic carbocycles. The molecule has 0 saturated carbocycles. The van der Waals surface area contributed by atoms with Gasteiger partial charge in [-0.15, -0.1) is 0 Å². The number of nitrogen functional groups attached to an aromatic ring is 1. The number of halogens is 4. The van der Waals surface area contributed by atoms with Gasteiger partial charge in [-0.1, -0.05) is 40.9 Å². The smallest absolute Gasteiger partial charge is 0.255 e. The molecule has 0 aliphatic carbocycles. The number of hydrogen-bond donors (Lipinski definition) is 2. The molecule has 0 atom stereocenters. The van der Waals surface area contributed by atoms with Gasteiger partial charge in [-0.2, -0.15) is 0 Å². The zero-order valence-corrected chi connectivity index (χ0v) is 12.2. The lowest BCUT2D eigenvalue weighted by molar-refractivity contribution is 0.102. The van der Waals surface area contributed by atoms with Crippen LogP contribution in [0, 0.1) is 5.82 Å². The molecule has 1 amide bonds. The normalized spacial score (nSPS) is 10.4. The summed E-state index contributed by atoms with van der Waals surface area (Å²) in [5.74, 6) is -1.29. The lowest BCUT2D eigenvalue weighted by Crippen LogP contribution is -2.13. The number of amides is 1. The van der Waals surface area contributed by atoms with E-state index in [4.69, 9.17) is 40.5 Å². The molecule has 104 valence electrons. The van der Waals surface area contributed by atoms with Gasteiger partial charge in [0.15, 0.2) is 5.82 Å². The van der Waals surface area contributed by atoms with Crippen LogP contribution in [0.5, 0.6) is 0 Å². The third-order valence-corrected chi connectivity index (χ3v) is 3.63. The van der Waals surface area contributed by atoms with Crippen LogP contribution in [0.25, 0.3) is 0 Å². The largest absolute Gasteiger partial charge is 0.397 e. The van der Waals surface area contributed by atoms with Crippen molar-refractivity contribution in [1.82, 2.24) is 0 Å². The number of carbonyl (C=O) groups is 1. The van der Waals surface area contributed by atoms with E-state index < -0.39 is 11.7 Å². The van der Waals surface area contributed by atoms with Crippen LogP contribution in [0.4, 0.5) is 15.8 Å². The Morgan fingerprint density at radius 2 is 1.85 bits per heavy atom. The maximum atomic E-state index is 13.7. The van der Waals surface area contributed by atoms with Gasteiger partial charge in [0.1, 0.15) is 0 Å². The van der Waals surface area contributed by atoms with Gasteiger partial charge in [0, 0.05) is 5.56 Å². The third-order valence-electron chi connectivity index (χ3n) is 2.52. The van der Waals surface area contributed by atoms with Gasteiger partial charge in [-0.3, -0.25) is 4.79 Å². The van der Waals surface area contributed by atoms with Crippen LogP contribution in [-0.2, 0) is 0 Å². The van der Waals surface area contributed by atoms with Crippen LogP contribution in [0.15, 0.2) is 30.3 Å². The molecule has 0 radical (unpaired) electrons. The van der Waals surface area contributed by atoms with Crippen LogP contribution >= 0.6 is 34.8 Å². The Bertz CT molecular complexity index is 668. The fourth-order valence-corrected chi connectivity index (χ4v) is 2.05. The zero-order valence-electron chi connectivity index (χ0n) is 9.88. The number of rotatable bonds is 2. The molecule has 2 rings (SSSR count). The summed E-state index contributed by atoms with van der Waals surface area (Å²) < 4.78 is 13.7. The molecule has 0 heterocycles. The summed E-state index contributed by atoms with van der Waals surface area (Å²) in [6, 6.07) is 6.98. The first kappa shape index (κ1) is 14.9. The van der Waals surface area contributed by atoms with Gasteiger partial charge in [0.25, 0.3) is 5.91 Å². The van der Waals surface area contributed by atoms with Gasteiger partial charge in [0.2, 0.25) is 0 Å². The predicted molar refractivity (Wildman–Crippen MR) is 80.2 cm³/mol. The first-order valence-corrected chi connectivity index (χ1v) is 6.53. The maximum Gasteiger partial charge on any atom is 0.255 e. The fraction of sp³-hybridized carbons (Fsp3) is 0. The summed E-state index contributed by atoms with van der Waals surface area (Å²) in [7, 11) is 0. The monoisotopic (exact) mass is 332 g/mol. The highest BCUT2D eigenvalue weighted by Crippen LogP contribution is 2.30. The minimum Gasteiger partial charge on any atom is -0.397 e. The lowest BCUT2D eigenvalue weighted by Gasteiger charge is -2.09. The molecule has 0 spiro atoms. The van der Waals surface area contributed by atoms with E-state index in [1.165, 1.54) is 30.3 Å². The maximum absolute atomic E-state index is 13.7. The molecule has 20 heavy (non-hydrogen) atoms. The fourth-order valence-electron chi connectivity index (χ4n) is 1.54. The Hall–Kier alpha value is -1.49. The predicted octanol–water partition coefficient (Wildman–Crippen LogP) is 4.62. The van der Waals surface area contributed by atoms with Crippen LogP contribution in [0.2, 0.25) is 15.1 Å². The van der Waals surface area contributed by atoms with Gasteiger partial charge in [-0.25, -0.2) is 4.39 Å². The number of nitrogens with two attached hydrogens (primary N) is 1. The second-order valence-electron chi connectivity index (χ2n) is 3.92. The van der Waals surface area contributed by atoms with E-state index in [9.17, 15) is 9.18 Å². The Balaban J connectivity index is 2.31. The molecule has 0 aromatic heterocycles. The Morgan fingerprint density at radius 3 is 2.50 bits per heavy atom. The summed E-state index contributed by atoms with van der Waals surface area (Å²) in [6.07, 6.45) is 0. The van der Waals surface area contributed by atoms with Crippen LogP contribution < -0.4 is 11.1 Å². The number of benzene rings is 2. The van der Waals surface area contributed by atoms with Crippen molar-refractivity contribution in [3.63, 3.8) is 0 Å². The molecule has 0 saturated heterocycles. The third kappa shape index (κ3) is 2.98. The van der Waals surface area contributed by atoms with Crippen molar-refractivity contribution in [2.75, 3.05) is 11.1 Å². The molecule has 3 N–H and O–H groups in total. The molecular formula is C13H8Cl3FN2O. The first-order valence-electron chi connectivity index (χ1n) is 5.40. The van der Waals surface area contributed by atoms with Crippen molar-refractivity contribution in [2.45, 2.75) is 0 Å². The quantitative estimate of drug-likeness (QED) is 0.788. The minimum atomic E-state index is -0.712. The molecule has 0 unspecified atom stereocenters. The van der Waals surface area contributed by atoms with Gasteiger partial charge in [-0.05, 0) is 24.3 Å². The van der Waals surface area contributed by atoms with Crippen molar-refractivity contribution in [3.05, 3.63) is 56.8 Å². The minimum absolute atomic E-state index is 0.0351. The summed E-state index contributed by atoms with van der Waals surface area (Å²) >= 11 is 17.3. The lowest BCUT2D eigenvalue weighted by atomic mass is 10.2. The zero-order chi connectivity index (χ0) is 14.9. The van der Waals surface area contributed by atoms with E-state index in [1.54, 1.807) is 0 Å². The van der Waals surface area contributed by atoms with Crippen LogP contribution in [0.1, 0.15) is 10.4 Å². The molecule has 0 bridgehead atoms. The SMILES string of the molecule is Nc1cc(C(=O)Nc2cccc(Cl)c2F)cc(Cl)c1Cl. The average molecular weight is 334 g/mol. The van der Waals surface area contributed by atoms with E-state index in [-0.39, 0.29) is 32.0 Å². The number of anilines is 2. The molecule has 0 aliphatic heterocycles. The molecule has 0 fully saturated rings. The van der Waals surface area contributed by atoms with E-state index in [2.05, 4.69) is 5.32 Å².